The van der Waals surface area contributed by atoms with Crippen molar-refractivity contribution in [3.63, 3.8) is 0 Å². The molecule has 0 unspecified atom stereocenters. The van der Waals surface area contributed by atoms with Gasteiger partial charge in [-0.1, -0.05) is 5.21 Å². The number of hydrogen-bond donors (Lipinski definition) is 1. The van der Waals surface area contributed by atoms with Crippen molar-refractivity contribution in [2.24, 2.45) is 0 Å². The molecule has 5 heteroatoms. The van der Waals surface area contributed by atoms with E-state index in [1.807, 2.05) is 13.2 Å². The van der Waals surface area contributed by atoms with Crippen LogP contribution in [0.25, 0.3) is 5.69 Å². The maximum atomic E-state index is 12.7. The van der Waals surface area contributed by atoms with Crippen LogP contribution in [0.15, 0.2) is 30.5 Å². The Morgan fingerprint density at radius 3 is 2.75 bits per heavy atom. The summed E-state index contributed by atoms with van der Waals surface area (Å²) < 4.78 is 14.4. The Morgan fingerprint density at radius 2 is 2.06 bits per heavy atom. The zero-order chi connectivity index (χ0) is 11.4. The maximum absolute atomic E-state index is 12.7. The first-order chi connectivity index (χ1) is 7.79. The van der Waals surface area contributed by atoms with Crippen molar-refractivity contribution in [3.8, 4) is 5.69 Å². The van der Waals surface area contributed by atoms with E-state index >= 15 is 0 Å². The quantitative estimate of drug-likeness (QED) is 0.841. The Morgan fingerprint density at radius 1 is 1.31 bits per heavy atom. The number of nitrogens with one attached hydrogen (secondary N) is 1. The summed E-state index contributed by atoms with van der Waals surface area (Å²) in [5.74, 6) is -0.251. The van der Waals surface area contributed by atoms with E-state index in [1.165, 1.54) is 12.1 Å². The fourth-order valence-corrected chi connectivity index (χ4v) is 1.39. The summed E-state index contributed by atoms with van der Waals surface area (Å²) in [5, 5.41) is 11.1. The number of nitrogens with zero attached hydrogens (tertiary/aromatic N) is 3. The molecular formula is C11H13FN4. The molecule has 0 fully saturated rings. The van der Waals surface area contributed by atoms with Crippen LogP contribution in [0.4, 0.5) is 4.39 Å². The largest absolute Gasteiger partial charge is 0.319 e. The van der Waals surface area contributed by atoms with Crippen molar-refractivity contribution >= 4 is 0 Å². The first kappa shape index (κ1) is 10.8. The lowest BCUT2D eigenvalue weighted by atomic mass is 10.3. The summed E-state index contributed by atoms with van der Waals surface area (Å²) in [4.78, 5) is 0. The second kappa shape index (κ2) is 4.85. The molecule has 0 saturated carbocycles. The van der Waals surface area contributed by atoms with Gasteiger partial charge in [0.1, 0.15) is 5.82 Å². The Kier molecular flexibility index (Phi) is 3.26. The van der Waals surface area contributed by atoms with E-state index in [0.717, 1.165) is 24.3 Å². The van der Waals surface area contributed by atoms with Crippen LogP contribution in [0.2, 0.25) is 0 Å². The van der Waals surface area contributed by atoms with Gasteiger partial charge >= 0.3 is 0 Å². The van der Waals surface area contributed by atoms with E-state index in [0.29, 0.717) is 0 Å². The number of halogens is 1. The molecule has 1 N–H and O–H groups in total. The van der Waals surface area contributed by atoms with Gasteiger partial charge in [0.2, 0.25) is 0 Å². The topological polar surface area (TPSA) is 42.7 Å². The number of likely N-dealkylation sites (N-methyl/N-ethyl adjacent to an activating group) is 1. The molecule has 0 aliphatic rings. The average molecular weight is 220 g/mol. The molecule has 0 saturated heterocycles. The van der Waals surface area contributed by atoms with Crippen LogP contribution in [0.1, 0.15) is 5.69 Å². The Hall–Kier alpha value is -1.75. The third-order valence-electron chi connectivity index (χ3n) is 2.26. The molecule has 2 aromatic rings. The molecule has 0 aliphatic carbocycles. The molecule has 0 radical (unpaired) electrons. The van der Waals surface area contributed by atoms with Gasteiger partial charge in [0, 0.05) is 13.0 Å². The van der Waals surface area contributed by atoms with E-state index in [2.05, 4.69) is 15.6 Å². The Labute approximate surface area is 93.1 Å². The van der Waals surface area contributed by atoms with Crippen molar-refractivity contribution in [1.29, 1.82) is 0 Å². The highest BCUT2D eigenvalue weighted by atomic mass is 19.1. The molecule has 0 amide bonds. The fraction of sp³-hybridized carbons (Fsp3) is 0.273. The van der Waals surface area contributed by atoms with Gasteiger partial charge in [0.25, 0.3) is 0 Å². The first-order valence-electron chi connectivity index (χ1n) is 5.11. The number of rotatable bonds is 4. The normalized spacial score (nSPS) is 10.6. The third kappa shape index (κ3) is 2.43. The summed E-state index contributed by atoms with van der Waals surface area (Å²) in [6.07, 6.45) is 2.68. The summed E-state index contributed by atoms with van der Waals surface area (Å²) in [6, 6.07) is 6.16. The second-order valence-electron chi connectivity index (χ2n) is 3.48. The lowest BCUT2D eigenvalue weighted by molar-refractivity contribution is 0.626. The second-order valence-corrected chi connectivity index (χ2v) is 3.48. The van der Waals surface area contributed by atoms with E-state index < -0.39 is 0 Å². The summed E-state index contributed by atoms with van der Waals surface area (Å²) >= 11 is 0. The molecule has 0 aliphatic heterocycles. The van der Waals surface area contributed by atoms with Crippen molar-refractivity contribution < 1.29 is 4.39 Å². The van der Waals surface area contributed by atoms with Crippen molar-refractivity contribution in [1.82, 2.24) is 20.3 Å². The fourth-order valence-electron chi connectivity index (χ4n) is 1.39. The summed E-state index contributed by atoms with van der Waals surface area (Å²) in [6.45, 7) is 0.863. The number of benzene rings is 1. The van der Waals surface area contributed by atoms with Crippen LogP contribution in [0.5, 0.6) is 0 Å². The molecule has 0 spiro atoms. The standard InChI is InChI=1S/C11H13FN4/c1-13-7-6-10-8-16(15-14-10)11-4-2-9(12)3-5-11/h2-5,8,13H,6-7H2,1H3. The van der Waals surface area contributed by atoms with Gasteiger partial charge in [-0.25, -0.2) is 9.07 Å². The molecule has 1 aromatic carbocycles. The molecule has 84 valence electrons. The molecule has 0 atom stereocenters. The smallest absolute Gasteiger partial charge is 0.123 e. The van der Waals surface area contributed by atoms with Gasteiger partial charge in [0.15, 0.2) is 0 Å². The highest BCUT2D eigenvalue weighted by molar-refractivity contribution is 5.30. The van der Waals surface area contributed by atoms with Crippen LogP contribution in [-0.4, -0.2) is 28.6 Å². The van der Waals surface area contributed by atoms with E-state index in [-0.39, 0.29) is 5.82 Å². The van der Waals surface area contributed by atoms with Gasteiger partial charge in [-0.15, -0.1) is 5.10 Å². The Bertz CT molecular complexity index is 449. The van der Waals surface area contributed by atoms with Crippen LogP contribution < -0.4 is 5.32 Å². The zero-order valence-corrected chi connectivity index (χ0v) is 9.02. The van der Waals surface area contributed by atoms with Crippen LogP contribution in [0.3, 0.4) is 0 Å². The Balaban J connectivity index is 2.15. The monoisotopic (exact) mass is 220 g/mol. The minimum atomic E-state index is -0.251. The van der Waals surface area contributed by atoms with Crippen LogP contribution in [0, 0.1) is 5.82 Å². The average Bonchev–Trinajstić information content (AvgIpc) is 2.76. The minimum absolute atomic E-state index is 0.251. The van der Waals surface area contributed by atoms with Crippen LogP contribution in [-0.2, 0) is 6.42 Å². The molecular weight excluding hydrogens is 207 g/mol. The predicted molar refractivity (Wildman–Crippen MR) is 58.9 cm³/mol. The molecule has 1 aromatic heterocycles. The van der Waals surface area contributed by atoms with Crippen molar-refractivity contribution in [2.45, 2.75) is 6.42 Å². The molecule has 0 bridgehead atoms. The molecule has 1 heterocycles. The number of aromatic nitrogens is 3. The highest BCUT2D eigenvalue weighted by Crippen LogP contribution is 2.08. The van der Waals surface area contributed by atoms with E-state index in [4.69, 9.17) is 0 Å². The van der Waals surface area contributed by atoms with Gasteiger partial charge in [-0.3, -0.25) is 0 Å². The summed E-state index contributed by atoms with van der Waals surface area (Å²) in [5.41, 5.74) is 1.73. The minimum Gasteiger partial charge on any atom is -0.319 e. The molecule has 2 rings (SSSR count). The predicted octanol–water partition coefficient (Wildman–Crippen LogP) is 1.17. The lowest BCUT2D eigenvalue weighted by Gasteiger charge is -1.98. The first-order valence-corrected chi connectivity index (χ1v) is 5.11. The third-order valence-corrected chi connectivity index (χ3v) is 2.26. The van der Waals surface area contributed by atoms with E-state index in [1.54, 1.807) is 16.8 Å². The molecule has 4 nitrogen and oxygen atoms in total. The van der Waals surface area contributed by atoms with Gasteiger partial charge in [-0.05, 0) is 31.3 Å². The van der Waals surface area contributed by atoms with Gasteiger partial charge in [0.05, 0.1) is 17.6 Å². The van der Waals surface area contributed by atoms with Crippen LogP contribution >= 0.6 is 0 Å². The maximum Gasteiger partial charge on any atom is 0.123 e. The van der Waals surface area contributed by atoms with Gasteiger partial charge in [-0.2, -0.15) is 0 Å². The van der Waals surface area contributed by atoms with Crippen molar-refractivity contribution in [2.75, 3.05) is 13.6 Å². The van der Waals surface area contributed by atoms with Crippen molar-refractivity contribution in [3.05, 3.63) is 42.0 Å². The van der Waals surface area contributed by atoms with E-state index in [9.17, 15) is 4.39 Å². The zero-order valence-electron chi connectivity index (χ0n) is 9.02. The summed E-state index contributed by atoms with van der Waals surface area (Å²) in [7, 11) is 1.89. The lowest BCUT2D eigenvalue weighted by Crippen LogP contribution is -2.10. The SMILES string of the molecule is CNCCc1cn(-c2ccc(F)cc2)nn1. The van der Waals surface area contributed by atoms with Gasteiger partial charge < -0.3 is 5.32 Å². The highest BCUT2D eigenvalue weighted by Gasteiger charge is 2.02. The number of hydrogen-bond acceptors (Lipinski definition) is 3. The molecule has 16 heavy (non-hydrogen) atoms.